The Morgan fingerprint density at radius 3 is 2.92 bits per heavy atom. The maximum atomic E-state index is 13.0. The van der Waals surface area contributed by atoms with E-state index >= 15 is 0 Å². The van der Waals surface area contributed by atoms with Gasteiger partial charge in [-0.1, -0.05) is 5.21 Å². The number of ether oxygens (including phenoxy) is 2. The molecule has 0 saturated carbocycles. The van der Waals surface area contributed by atoms with Crippen LogP contribution in [0.15, 0.2) is 36.7 Å². The maximum Gasteiger partial charge on any atom is 0.414 e. The molecular formula is C15H13FN6O4. The number of hydrogen-bond acceptors (Lipinski definition) is 7. The second-order valence-electron chi connectivity index (χ2n) is 5.67. The fraction of sp³-hybridized carbons (Fsp3) is 0.267. The largest absolute Gasteiger partial charge is 0.443 e. The number of hydrogen-bond donors (Lipinski definition) is 0. The van der Waals surface area contributed by atoms with Gasteiger partial charge in [-0.25, -0.2) is 9.07 Å². The molecule has 0 amide bonds. The second-order valence-corrected chi connectivity index (χ2v) is 5.67. The highest BCUT2D eigenvalue weighted by Gasteiger charge is 2.28. The maximum absolute atomic E-state index is 13.0. The molecule has 0 unspecified atom stereocenters. The van der Waals surface area contributed by atoms with E-state index in [0.717, 1.165) is 0 Å². The van der Waals surface area contributed by atoms with Gasteiger partial charge >= 0.3 is 11.8 Å². The Balaban J connectivity index is 1.37. The molecule has 0 bridgehead atoms. The van der Waals surface area contributed by atoms with E-state index in [9.17, 15) is 14.5 Å². The molecule has 0 aliphatic carbocycles. The average Bonchev–Trinajstić information content (AvgIpc) is 3.27. The molecule has 11 heteroatoms. The number of nitro groups is 1. The summed E-state index contributed by atoms with van der Waals surface area (Å²) in [6.07, 6.45) is 2.70. The summed E-state index contributed by atoms with van der Waals surface area (Å²) in [7, 11) is 0. The predicted octanol–water partition coefficient (Wildman–Crippen LogP) is 1.49. The molecule has 0 saturated heterocycles. The fourth-order valence-electron chi connectivity index (χ4n) is 2.55. The van der Waals surface area contributed by atoms with E-state index in [2.05, 4.69) is 15.3 Å². The van der Waals surface area contributed by atoms with Crippen LogP contribution in [0.3, 0.4) is 0 Å². The summed E-state index contributed by atoms with van der Waals surface area (Å²) in [5, 5.41) is 18.8. The van der Waals surface area contributed by atoms with E-state index in [1.54, 1.807) is 22.9 Å². The number of imidazole rings is 1. The number of benzene rings is 1. The van der Waals surface area contributed by atoms with Gasteiger partial charge in [0, 0.05) is 4.98 Å². The third kappa shape index (κ3) is 3.24. The SMILES string of the molecule is O=[N+]([O-])c1cn2c(n1)OC[C@@H](OCc1cn(-c3ccc(F)cc3)nn1)C2. The van der Waals surface area contributed by atoms with Gasteiger partial charge in [0.15, 0.2) is 0 Å². The predicted molar refractivity (Wildman–Crippen MR) is 84.3 cm³/mol. The summed E-state index contributed by atoms with van der Waals surface area (Å²) < 4.78 is 27.2. The van der Waals surface area contributed by atoms with Crippen LogP contribution in [-0.4, -0.2) is 42.2 Å². The van der Waals surface area contributed by atoms with Crippen LogP contribution in [0.25, 0.3) is 5.69 Å². The van der Waals surface area contributed by atoms with Crippen molar-refractivity contribution < 1.29 is 18.8 Å². The van der Waals surface area contributed by atoms with Crippen molar-refractivity contribution >= 4 is 5.82 Å². The van der Waals surface area contributed by atoms with Crippen molar-refractivity contribution in [1.29, 1.82) is 0 Å². The van der Waals surface area contributed by atoms with Crippen LogP contribution in [0.1, 0.15) is 5.69 Å². The minimum absolute atomic E-state index is 0.196. The number of rotatable bonds is 5. The van der Waals surface area contributed by atoms with Crippen LogP contribution in [0, 0.1) is 15.9 Å². The Kier molecular flexibility index (Phi) is 4.05. The van der Waals surface area contributed by atoms with Crippen molar-refractivity contribution in [3.63, 3.8) is 0 Å². The molecule has 2 aromatic heterocycles. The van der Waals surface area contributed by atoms with Gasteiger partial charge in [0.05, 0.1) is 25.0 Å². The number of aromatic nitrogens is 5. The quantitative estimate of drug-likeness (QED) is 0.501. The van der Waals surface area contributed by atoms with Gasteiger partial charge in [-0.05, 0) is 29.2 Å². The van der Waals surface area contributed by atoms with Crippen LogP contribution in [-0.2, 0) is 17.9 Å². The van der Waals surface area contributed by atoms with Crippen molar-refractivity contribution in [2.45, 2.75) is 19.3 Å². The topological polar surface area (TPSA) is 110 Å². The monoisotopic (exact) mass is 360 g/mol. The van der Waals surface area contributed by atoms with E-state index in [1.165, 1.54) is 23.0 Å². The normalized spacial score (nSPS) is 16.1. The van der Waals surface area contributed by atoms with Crippen LogP contribution in [0.2, 0.25) is 0 Å². The van der Waals surface area contributed by atoms with Gasteiger partial charge in [-0.3, -0.25) is 4.57 Å². The summed E-state index contributed by atoms with van der Waals surface area (Å²) in [5.74, 6) is -0.586. The van der Waals surface area contributed by atoms with Crippen molar-refractivity contribution in [2.24, 2.45) is 0 Å². The van der Waals surface area contributed by atoms with Gasteiger partial charge in [-0.15, -0.1) is 5.10 Å². The van der Waals surface area contributed by atoms with E-state index in [-0.39, 0.29) is 37.0 Å². The first-order valence-electron chi connectivity index (χ1n) is 7.71. The lowest BCUT2D eigenvalue weighted by molar-refractivity contribution is -0.389. The third-order valence-corrected chi connectivity index (χ3v) is 3.81. The first-order chi connectivity index (χ1) is 12.6. The van der Waals surface area contributed by atoms with Crippen LogP contribution >= 0.6 is 0 Å². The molecule has 3 aromatic rings. The zero-order valence-electron chi connectivity index (χ0n) is 13.4. The van der Waals surface area contributed by atoms with E-state index in [1.807, 2.05) is 0 Å². The Hall–Kier alpha value is -3.34. The smallest absolute Gasteiger partial charge is 0.414 e. The molecule has 1 aliphatic rings. The molecule has 26 heavy (non-hydrogen) atoms. The Morgan fingerprint density at radius 1 is 1.35 bits per heavy atom. The zero-order chi connectivity index (χ0) is 18.1. The lowest BCUT2D eigenvalue weighted by Gasteiger charge is -2.21. The summed E-state index contributed by atoms with van der Waals surface area (Å²) in [6.45, 7) is 0.823. The summed E-state index contributed by atoms with van der Waals surface area (Å²) in [4.78, 5) is 14.0. The van der Waals surface area contributed by atoms with Crippen LogP contribution in [0.4, 0.5) is 10.2 Å². The van der Waals surface area contributed by atoms with Crippen molar-refractivity contribution in [1.82, 2.24) is 24.5 Å². The fourth-order valence-corrected chi connectivity index (χ4v) is 2.55. The average molecular weight is 360 g/mol. The summed E-state index contributed by atoms with van der Waals surface area (Å²) >= 11 is 0. The minimum atomic E-state index is -0.571. The molecule has 0 fully saturated rings. The molecule has 0 spiro atoms. The van der Waals surface area contributed by atoms with Gasteiger partial charge in [0.25, 0.3) is 0 Å². The highest BCUT2D eigenvalue weighted by Crippen LogP contribution is 2.22. The van der Waals surface area contributed by atoms with Crippen molar-refractivity contribution in [2.75, 3.05) is 6.61 Å². The summed E-state index contributed by atoms with van der Waals surface area (Å²) in [5.41, 5.74) is 1.28. The molecule has 4 rings (SSSR count). The first-order valence-corrected chi connectivity index (χ1v) is 7.71. The van der Waals surface area contributed by atoms with Gasteiger partial charge in [-0.2, -0.15) is 0 Å². The highest BCUT2D eigenvalue weighted by atomic mass is 19.1. The molecule has 3 heterocycles. The molecule has 10 nitrogen and oxygen atoms in total. The van der Waals surface area contributed by atoms with Crippen molar-refractivity contribution in [3.8, 4) is 11.7 Å². The standard InChI is InChI=1S/C15H13FN6O4/c16-10-1-3-12(4-2-10)21-5-11(18-19-21)8-25-13-6-20-7-14(22(23)24)17-15(20)26-9-13/h1-5,7,13H,6,8-9H2/t13-/m0/s1. The Bertz CT molecular complexity index is 938. The molecule has 0 N–H and O–H groups in total. The molecule has 1 aromatic carbocycles. The minimum Gasteiger partial charge on any atom is -0.443 e. The zero-order valence-corrected chi connectivity index (χ0v) is 13.4. The Morgan fingerprint density at radius 2 is 2.15 bits per heavy atom. The molecule has 1 atom stereocenters. The lowest BCUT2D eigenvalue weighted by Crippen LogP contribution is -2.32. The highest BCUT2D eigenvalue weighted by molar-refractivity contribution is 5.30. The number of fused-ring (bicyclic) bond motifs is 1. The van der Waals surface area contributed by atoms with Gasteiger partial charge in [0.1, 0.15) is 30.4 Å². The molecular weight excluding hydrogens is 347 g/mol. The van der Waals surface area contributed by atoms with Crippen molar-refractivity contribution in [3.05, 3.63) is 58.3 Å². The van der Waals surface area contributed by atoms with Crippen LogP contribution in [0.5, 0.6) is 6.01 Å². The van der Waals surface area contributed by atoms with Gasteiger partial charge < -0.3 is 19.6 Å². The number of nitrogens with zero attached hydrogens (tertiary/aromatic N) is 6. The van der Waals surface area contributed by atoms with E-state index in [4.69, 9.17) is 9.47 Å². The lowest BCUT2D eigenvalue weighted by atomic mass is 10.3. The third-order valence-electron chi connectivity index (χ3n) is 3.81. The summed E-state index contributed by atoms with van der Waals surface area (Å²) in [6, 6.07) is 6.08. The van der Waals surface area contributed by atoms with Crippen LogP contribution < -0.4 is 4.74 Å². The second kappa shape index (κ2) is 6.52. The van der Waals surface area contributed by atoms with Gasteiger partial charge in [0.2, 0.25) is 0 Å². The van der Waals surface area contributed by atoms with E-state index in [0.29, 0.717) is 17.9 Å². The molecule has 134 valence electrons. The van der Waals surface area contributed by atoms with E-state index < -0.39 is 4.92 Å². The molecule has 1 aliphatic heterocycles. The number of halogens is 1. The molecule has 0 radical (unpaired) electrons. The Labute approximate surface area is 145 Å². The first kappa shape index (κ1) is 16.1.